The van der Waals surface area contributed by atoms with E-state index in [0.29, 0.717) is 16.9 Å². The van der Waals surface area contributed by atoms with Gasteiger partial charge in [-0.25, -0.2) is 0 Å². The Hall–Kier alpha value is -0.0400. The Bertz CT molecular complexity index is 678. The first-order valence-corrected chi connectivity index (χ1v) is 16.4. The minimum absolute atomic E-state index is 0.572. The fourth-order valence-electron chi connectivity index (χ4n) is 11.0. The number of hydrogen-bond donors (Lipinski definition) is 0. The van der Waals surface area contributed by atoms with Crippen molar-refractivity contribution in [1.82, 2.24) is 0 Å². The van der Waals surface area contributed by atoms with Gasteiger partial charge in [0.05, 0.1) is 6.10 Å². The second-order valence-corrected chi connectivity index (χ2v) is 15.4. The van der Waals surface area contributed by atoms with Crippen LogP contribution in [0.3, 0.4) is 0 Å². The predicted molar refractivity (Wildman–Crippen MR) is 149 cm³/mol. The Morgan fingerprint density at radius 2 is 1.49 bits per heavy atom. The van der Waals surface area contributed by atoms with Gasteiger partial charge in [0.25, 0.3) is 0 Å². The minimum atomic E-state index is 0.572. The lowest BCUT2D eigenvalue weighted by atomic mass is 9.44. The zero-order valence-electron chi connectivity index (χ0n) is 24.3. The summed E-state index contributed by atoms with van der Waals surface area (Å²) in [6, 6.07) is 0. The Balaban J connectivity index is 1.18. The Morgan fingerprint density at radius 3 is 2.26 bits per heavy atom. The van der Waals surface area contributed by atoms with Gasteiger partial charge in [-0.3, -0.25) is 0 Å². The molecule has 1 nitrogen and oxygen atoms in total. The molecule has 0 amide bonds. The van der Waals surface area contributed by atoms with E-state index in [1.165, 1.54) is 103 Å². The summed E-state index contributed by atoms with van der Waals surface area (Å²) in [5.41, 5.74) is 1.25. The molecule has 0 radical (unpaired) electrons. The zero-order chi connectivity index (χ0) is 24.6. The van der Waals surface area contributed by atoms with Crippen LogP contribution in [-0.2, 0) is 4.74 Å². The highest BCUT2D eigenvalue weighted by Crippen LogP contribution is 2.68. The van der Waals surface area contributed by atoms with Gasteiger partial charge < -0.3 is 4.74 Å². The summed E-state index contributed by atoms with van der Waals surface area (Å²) in [5, 5.41) is 0. The standard InChI is InChI=1S/C34H60O/c1-24(2)10-9-11-25(3)30-16-17-31-29-15-14-27-22-28(35-23-26-12-7-6-8-13-26)18-20-33(27,4)32(29)19-21-34(30,31)5/h24-32H,6-23H2,1-5H3. The summed E-state index contributed by atoms with van der Waals surface area (Å²) < 4.78 is 6.63. The second kappa shape index (κ2) is 11.0. The van der Waals surface area contributed by atoms with Crippen LogP contribution in [0, 0.1) is 58.2 Å². The third-order valence-corrected chi connectivity index (χ3v) is 13.1. The molecule has 5 fully saturated rings. The van der Waals surface area contributed by atoms with E-state index in [0.717, 1.165) is 54.0 Å². The maximum absolute atomic E-state index is 6.63. The largest absolute Gasteiger partial charge is 0.378 e. The fourth-order valence-corrected chi connectivity index (χ4v) is 11.0. The van der Waals surface area contributed by atoms with Gasteiger partial charge >= 0.3 is 0 Å². The van der Waals surface area contributed by atoms with Gasteiger partial charge in [0.1, 0.15) is 0 Å². The van der Waals surface area contributed by atoms with Crippen molar-refractivity contribution in [2.24, 2.45) is 58.2 Å². The summed E-state index contributed by atoms with van der Waals surface area (Å²) in [7, 11) is 0. The molecule has 0 aromatic rings. The SMILES string of the molecule is CC(C)CCCC(C)C1CCC2C3CCC4CC(OCC5CCCCC5)CCC4(C)C3CCC12C. The number of hydrogen-bond acceptors (Lipinski definition) is 1. The second-order valence-electron chi connectivity index (χ2n) is 15.4. The maximum Gasteiger partial charge on any atom is 0.0578 e. The van der Waals surface area contributed by atoms with Gasteiger partial charge in [0.15, 0.2) is 0 Å². The first-order valence-electron chi connectivity index (χ1n) is 16.4. The topological polar surface area (TPSA) is 9.23 Å². The minimum Gasteiger partial charge on any atom is -0.378 e. The number of ether oxygens (including phenoxy) is 1. The smallest absolute Gasteiger partial charge is 0.0578 e. The molecule has 9 atom stereocenters. The molecule has 5 aliphatic carbocycles. The van der Waals surface area contributed by atoms with E-state index < -0.39 is 0 Å². The molecule has 9 unspecified atom stereocenters. The van der Waals surface area contributed by atoms with Gasteiger partial charge in [0, 0.05) is 6.61 Å². The van der Waals surface area contributed by atoms with Gasteiger partial charge in [-0.2, -0.15) is 0 Å². The van der Waals surface area contributed by atoms with Gasteiger partial charge in [-0.15, -0.1) is 0 Å². The molecule has 0 aromatic carbocycles. The Labute approximate surface area is 219 Å². The van der Waals surface area contributed by atoms with Crippen LogP contribution in [0.2, 0.25) is 0 Å². The van der Waals surface area contributed by atoms with E-state index in [9.17, 15) is 0 Å². The molecule has 0 aliphatic heterocycles. The van der Waals surface area contributed by atoms with Crippen molar-refractivity contribution in [3.63, 3.8) is 0 Å². The first-order chi connectivity index (χ1) is 16.8. The molecule has 5 saturated carbocycles. The molecule has 5 aliphatic rings. The van der Waals surface area contributed by atoms with Crippen LogP contribution in [0.15, 0.2) is 0 Å². The van der Waals surface area contributed by atoms with E-state index in [-0.39, 0.29) is 0 Å². The molecule has 202 valence electrons. The maximum atomic E-state index is 6.63. The molecule has 1 heteroatoms. The molecular weight excluding hydrogens is 424 g/mol. The number of fused-ring (bicyclic) bond motifs is 5. The highest BCUT2D eigenvalue weighted by molar-refractivity contribution is 5.09. The van der Waals surface area contributed by atoms with Crippen molar-refractivity contribution >= 4 is 0 Å². The van der Waals surface area contributed by atoms with E-state index in [2.05, 4.69) is 34.6 Å². The van der Waals surface area contributed by atoms with Crippen LogP contribution in [0.5, 0.6) is 0 Å². The van der Waals surface area contributed by atoms with Crippen molar-refractivity contribution in [2.75, 3.05) is 6.61 Å². The highest BCUT2D eigenvalue weighted by Gasteiger charge is 2.60. The Kier molecular flexibility index (Phi) is 8.33. The van der Waals surface area contributed by atoms with Gasteiger partial charge in [0.2, 0.25) is 0 Å². The third-order valence-electron chi connectivity index (χ3n) is 13.1. The van der Waals surface area contributed by atoms with Crippen molar-refractivity contribution in [2.45, 2.75) is 150 Å². The molecule has 0 saturated heterocycles. The molecule has 0 aromatic heterocycles. The fraction of sp³-hybridized carbons (Fsp3) is 1.00. The third kappa shape index (κ3) is 5.29. The first kappa shape index (κ1) is 26.6. The monoisotopic (exact) mass is 484 g/mol. The molecule has 0 heterocycles. The molecule has 35 heavy (non-hydrogen) atoms. The van der Waals surface area contributed by atoms with Crippen LogP contribution < -0.4 is 0 Å². The lowest BCUT2D eigenvalue weighted by Crippen LogP contribution is -2.54. The van der Waals surface area contributed by atoms with E-state index in [1.54, 1.807) is 6.42 Å². The van der Waals surface area contributed by atoms with Crippen LogP contribution in [0.1, 0.15) is 144 Å². The molecular formula is C34H60O. The lowest BCUT2D eigenvalue weighted by Gasteiger charge is -2.61. The molecule has 0 N–H and O–H groups in total. The van der Waals surface area contributed by atoms with Crippen molar-refractivity contribution in [3.8, 4) is 0 Å². The summed E-state index contributed by atoms with van der Waals surface area (Å²) in [6.45, 7) is 14.0. The van der Waals surface area contributed by atoms with Crippen LogP contribution >= 0.6 is 0 Å². The van der Waals surface area contributed by atoms with Crippen LogP contribution in [0.25, 0.3) is 0 Å². The van der Waals surface area contributed by atoms with Crippen molar-refractivity contribution in [3.05, 3.63) is 0 Å². The molecule has 0 bridgehead atoms. The summed E-state index contributed by atoms with van der Waals surface area (Å²) in [4.78, 5) is 0. The van der Waals surface area contributed by atoms with Crippen molar-refractivity contribution < 1.29 is 4.74 Å². The van der Waals surface area contributed by atoms with Crippen LogP contribution in [0.4, 0.5) is 0 Å². The van der Waals surface area contributed by atoms with E-state index in [4.69, 9.17) is 4.74 Å². The average Bonchev–Trinajstić information content (AvgIpc) is 3.20. The molecule has 0 spiro atoms. The quantitative estimate of drug-likeness (QED) is 0.333. The van der Waals surface area contributed by atoms with Crippen molar-refractivity contribution in [1.29, 1.82) is 0 Å². The van der Waals surface area contributed by atoms with E-state index >= 15 is 0 Å². The van der Waals surface area contributed by atoms with Crippen LogP contribution in [-0.4, -0.2) is 12.7 Å². The summed E-state index contributed by atoms with van der Waals surface area (Å²) in [5.74, 6) is 7.66. The number of rotatable bonds is 8. The van der Waals surface area contributed by atoms with Gasteiger partial charge in [-0.05, 0) is 129 Å². The zero-order valence-corrected chi connectivity index (χ0v) is 24.3. The normalized spacial score (nSPS) is 45.1. The summed E-state index contributed by atoms with van der Waals surface area (Å²) in [6.07, 6.45) is 25.5. The highest BCUT2D eigenvalue weighted by atomic mass is 16.5. The Morgan fingerprint density at radius 1 is 0.743 bits per heavy atom. The molecule has 5 rings (SSSR count). The predicted octanol–water partition coefficient (Wildman–Crippen LogP) is 10.1. The summed E-state index contributed by atoms with van der Waals surface area (Å²) >= 11 is 0. The van der Waals surface area contributed by atoms with Gasteiger partial charge in [-0.1, -0.05) is 73.1 Å². The van der Waals surface area contributed by atoms with E-state index in [1.807, 2.05) is 0 Å². The lowest BCUT2D eigenvalue weighted by molar-refractivity contribution is -0.139. The average molecular weight is 485 g/mol.